The molecule has 0 radical (unpaired) electrons. The molecule has 0 saturated heterocycles. The van der Waals surface area contributed by atoms with E-state index in [1.165, 1.54) is 6.07 Å². The summed E-state index contributed by atoms with van der Waals surface area (Å²) in [7, 11) is -3.40. The molecule has 0 aliphatic heterocycles. The third-order valence-electron chi connectivity index (χ3n) is 2.37. The van der Waals surface area contributed by atoms with Crippen molar-refractivity contribution in [1.82, 2.24) is 4.98 Å². The summed E-state index contributed by atoms with van der Waals surface area (Å²) >= 11 is 3.22. The molecule has 0 aliphatic carbocycles. The highest BCUT2D eigenvalue weighted by Crippen LogP contribution is 2.26. The summed E-state index contributed by atoms with van der Waals surface area (Å²) < 4.78 is 24.9. The van der Waals surface area contributed by atoms with Crippen molar-refractivity contribution >= 4 is 31.5 Å². The van der Waals surface area contributed by atoms with E-state index in [4.69, 9.17) is 5.73 Å². The van der Waals surface area contributed by atoms with Crippen LogP contribution in [0.4, 0.5) is 5.69 Å². The van der Waals surface area contributed by atoms with Gasteiger partial charge in [-0.15, -0.1) is 0 Å². The van der Waals surface area contributed by atoms with Gasteiger partial charge in [0.05, 0.1) is 10.6 Å². The van der Waals surface area contributed by atoms with Crippen LogP contribution in [0.3, 0.4) is 0 Å². The Kier molecular flexibility index (Phi) is 3.68. The molecule has 0 aliphatic rings. The minimum absolute atomic E-state index is 0.0800. The fourth-order valence-corrected chi connectivity index (χ4v) is 4.08. The average molecular weight is 327 g/mol. The first-order valence-corrected chi connectivity index (χ1v) is 7.60. The number of nitrogens with two attached hydrogens (primary N) is 1. The molecular weight excluding hydrogens is 316 g/mol. The Bertz CT molecular complexity index is 657. The minimum Gasteiger partial charge on any atom is -0.399 e. The van der Waals surface area contributed by atoms with Gasteiger partial charge in [0.25, 0.3) is 0 Å². The average Bonchev–Trinajstić information content (AvgIpc) is 2.29. The second-order valence-electron chi connectivity index (χ2n) is 3.81. The lowest BCUT2D eigenvalue weighted by atomic mass is 10.3. The Morgan fingerprint density at radius 2 is 2.06 bits per heavy atom. The first-order chi connectivity index (χ1) is 8.49. The van der Waals surface area contributed by atoms with E-state index < -0.39 is 9.84 Å². The lowest BCUT2D eigenvalue weighted by Gasteiger charge is -2.07. The number of rotatable bonds is 3. The van der Waals surface area contributed by atoms with Crippen LogP contribution in [0.15, 0.2) is 52.1 Å². The van der Waals surface area contributed by atoms with Gasteiger partial charge in [-0.3, -0.25) is 4.98 Å². The highest BCUT2D eigenvalue weighted by Gasteiger charge is 2.18. The molecule has 6 heteroatoms. The van der Waals surface area contributed by atoms with Crippen LogP contribution in [0, 0.1) is 0 Å². The molecule has 0 saturated carbocycles. The molecule has 4 nitrogen and oxygen atoms in total. The zero-order valence-corrected chi connectivity index (χ0v) is 11.8. The second-order valence-corrected chi connectivity index (χ2v) is 6.62. The molecule has 0 atom stereocenters. The van der Waals surface area contributed by atoms with E-state index in [1.807, 2.05) is 0 Å². The van der Waals surface area contributed by atoms with Crippen LogP contribution in [0.1, 0.15) is 5.56 Å². The standard InChI is InChI=1S/C12H11BrN2O2S/c13-11-6-10(14)3-4-12(11)18(16,17)8-9-2-1-5-15-7-9/h1-7H,8,14H2. The second kappa shape index (κ2) is 5.07. The number of pyridine rings is 1. The molecule has 2 N–H and O–H groups in total. The molecule has 0 bridgehead atoms. The molecular formula is C12H11BrN2O2S. The molecule has 2 aromatic rings. The summed E-state index contributed by atoms with van der Waals surface area (Å²) in [6.07, 6.45) is 3.15. The summed E-state index contributed by atoms with van der Waals surface area (Å²) in [5, 5.41) is 0. The van der Waals surface area contributed by atoms with Crippen LogP contribution in [-0.4, -0.2) is 13.4 Å². The number of nitrogen functional groups attached to an aromatic ring is 1. The Morgan fingerprint density at radius 3 is 2.67 bits per heavy atom. The summed E-state index contributed by atoms with van der Waals surface area (Å²) in [6, 6.07) is 8.10. The van der Waals surface area contributed by atoms with Gasteiger partial charge in [0.1, 0.15) is 0 Å². The fraction of sp³-hybridized carbons (Fsp3) is 0.0833. The topological polar surface area (TPSA) is 73.1 Å². The molecule has 0 unspecified atom stereocenters. The summed E-state index contributed by atoms with van der Waals surface area (Å²) in [5.74, 6) is -0.0800. The van der Waals surface area contributed by atoms with E-state index in [-0.39, 0.29) is 10.6 Å². The van der Waals surface area contributed by atoms with Crippen molar-refractivity contribution in [3.05, 3.63) is 52.8 Å². The summed E-state index contributed by atoms with van der Waals surface area (Å²) in [6.45, 7) is 0. The Balaban J connectivity index is 2.37. The molecule has 0 fully saturated rings. The number of nitrogens with zero attached hydrogens (tertiary/aromatic N) is 1. The molecule has 2 rings (SSSR count). The van der Waals surface area contributed by atoms with Crippen LogP contribution in [0.25, 0.3) is 0 Å². The number of aromatic nitrogens is 1. The van der Waals surface area contributed by atoms with Crippen molar-refractivity contribution in [2.45, 2.75) is 10.6 Å². The van der Waals surface area contributed by atoms with Gasteiger partial charge in [-0.1, -0.05) is 6.07 Å². The van der Waals surface area contributed by atoms with Gasteiger partial charge < -0.3 is 5.73 Å². The van der Waals surface area contributed by atoms with Crippen LogP contribution in [0.2, 0.25) is 0 Å². The molecule has 18 heavy (non-hydrogen) atoms. The SMILES string of the molecule is Nc1ccc(S(=O)(=O)Cc2cccnc2)c(Br)c1. The Hall–Kier alpha value is -1.40. The first-order valence-electron chi connectivity index (χ1n) is 5.16. The maximum Gasteiger partial charge on any atom is 0.183 e. The lowest BCUT2D eigenvalue weighted by molar-refractivity contribution is 0.595. The van der Waals surface area contributed by atoms with E-state index in [0.29, 0.717) is 15.7 Å². The molecule has 0 spiro atoms. The molecule has 1 aromatic heterocycles. The van der Waals surface area contributed by atoms with Crippen molar-refractivity contribution in [1.29, 1.82) is 0 Å². The summed E-state index contributed by atoms with van der Waals surface area (Å²) in [4.78, 5) is 4.14. The number of anilines is 1. The molecule has 1 heterocycles. The molecule has 0 amide bonds. The van der Waals surface area contributed by atoms with Crippen molar-refractivity contribution < 1.29 is 8.42 Å². The van der Waals surface area contributed by atoms with Gasteiger partial charge in [-0.05, 0) is 45.8 Å². The van der Waals surface area contributed by atoms with Gasteiger partial charge in [0, 0.05) is 22.6 Å². The van der Waals surface area contributed by atoms with E-state index >= 15 is 0 Å². The van der Waals surface area contributed by atoms with Gasteiger partial charge in [-0.25, -0.2) is 8.42 Å². The third-order valence-corrected chi connectivity index (χ3v) is 5.03. The lowest BCUT2D eigenvalue weighted by Crippen LogP contribution is -2.06. The normalized spacial score (nSPS) is 11.4. The van der Waals surface area contributed by atoms with Gasteiger partial charge in [-0.2, -0.15) is 0 Å². The van der Waals surface area contributed by atoms with E-state index in [2.05, 4.69) is 20.9 Å². The predicted molar refractivity (Wildman–Crippen MR) is 73.7 cm³/mol. The molecule has 94 valence electrons. The highest BCUT2D eigenvalue weighted by molar-refractivity contribution is 9.10. The van der Waals surface area contributed by atoms with E-state index in [0.717, 1.165) is 0 Å². The van der Waals surface area contributed by atoms with Crippen LogP contribution in [-0.2, 0) is 15.6 Å². The van der Waals surface area contributed by atoms with Crippen LogP contribution >= 0.6 is 15.9 Å². The van der Waals surface area contributed by atoms with Gasteiger partial charge in [0.2, 0.25) is 0 Å². The van der Waals surface area contributed by atoms with Gasteiger partial charge in [0.15, 0.2) is 9.84 Å². The quantitative estimate of drug-likeness (QED) is 0.879. The van der Waals surface area contributed by atoms with Crippen molar-refractivity contribution in [2.24, 2.45) is 0 Å². The van der Waals surface area contributed by atoms with Crippen molar-refractivity contribution in [3.63, 3.8) is 0 Å². The third kappa shape index (κ3) is 2.88. The minimum atomic E-state index is -3.40. The number of sulfone groups is 1. The zero-order chi connectivity index (χ0) is 13.2. The maximum atomic E-state index is 12.2. The molecule has 1 aromatic carbocycles. The fourth-order valence-electron chi connectivity index (χ4n) is 1.55. The maximum absolute atomic E-state index is 12.2. The number of halogens is 1. The van der Waals surface area contributed by atoms with Gasteiger partial charge >= 0.3 is 0 Å². The summed E-state index contributed by atoms with van der Waals surface area (Å²) in [5.41, 5.74) is 6.76. The van der Waals surface area contributed by atoms with Crippen molar-refractivity contribution in [2.75, 3.05) is 5.73 Å². The highest BCUT2D eigenvalue weighted by atomic mass is 79.9. The van der Waals surface area contributed by atoms with E-state index in [9.17, 15) is 8.42 Å². The Morgan fingerprint density at radius 1 is 1.28 bits per heavy atom. The van der Waals surface area contributed by atoms with Crippen LogP contribution in [0.5, 0.6) is 0 Å². The van der Waals surface area contributed by atoms with Crippen LogP contribution < -0.4 is 5.73 Å². The first kappa shape index (κ1) is 13.0. The number of hydrogen-bond donors (Lipinski definition) is 1. The van der Waals surface area contributed by atoms with Crippen molar-refractivity contribution in [3.8, 4) is 0 Å². The Labute approximate surface area is 114 Å². The smallest absolute Gasteiger partial charge is 0.183 e. The zero-order valence-electron chi connectivity index (χ0n) is 9.38. The predicted octanol–water partition coefficient (Wildman–Crippen LogP) is 2.40. The largest absolute Gasteiger partial charge is 0.399 e. The number of hydrogen-bond acceptors (Lipinski definition) is 4. The monoisotopic (exact) mass is 326 g/mol. The van der Waals surface area contributed by atoms with E-state index in [1.54, 1.807) is 36.7 Å². The number of benzene rings is 1.